The van der Waals surface area contributed by atoms with E-state index in [0.29, 0.717) is 0 Å². The number of nitrogens with zero attached hydrogens (tertiary/aromatic N) is 2. The normalized spacial score (nSPS) is 16.1. The lowest BCUT2D eigenvalue weighted by Crippen LogP contribution is -2.43. The number of piperazine rings is 1. The summed E-state index contributed by atoms with van der Waals surface area (Å²) in [6.07, 6.45) is 1.76. The summed E-state index contributed by atoms with van der Waals surface area (Å²) in [5, 5.41) is 5.23. The lowest BCUT2D eigenvalue weighted by Gasteiger charge is -2.31. The molecule has 1 saturated heterocycles. The van der Waals surface area contributed by atoms with E-state index >= 15 is 0 Å². The van der Waals surface area contributed by atoms with Gasteiger partial charge in [0.15, 0.2) is 0 Å². The molecule has 0 atom stereocenters. The standard InChI is InChI=1S/C14H15BrClN3/c1-9-11(15)3-2-10-13(9)18-8-12(16)14(10)19-6-4-17-5-7-19/h2-3,8,17H,4-7H2,1H3. The number of anilines is 1. The second-order valence-corrected chi connectivity index (χ2v) is 6.02. The number of benzene rings is 1. The molecule has 0 radical (unpaired) electrons. The summed E-state index contributed by atoms with van der Waals surface area (Å²) in [5.74, 6) is 0. The minimum absolute atomic E-state index is 0.733. The molecule has 3 rings (SSSR count). The number of aromatic nitrogens is 1. The Kier molecular flexibility index (Phi) is 3.65. The Balaban J connectivity index is 2.21. The molecule has 1 aliphatic heterocycles. The number of fused-ring (bicyclic) bond motifs is 1. The van der Waals surface area contributed by atoms with Crippen molar-refractivity contribution >= 4 is 44.1 Å². The van der Waals surface area contributed by atoms with E-state index in [1.165, 1.54) is 0 Å². The molecule has 5 heteroatoms. The second-order valence-electron chi connectivity index (χ2n) is 4.76. The molecule has 0 amide bonds. The summed E-state index contributed by atoms with van der Waals surface area (Å²) < 4.78 is 1.08. The molecule has 100 valence electrons. The van der Waals surface area contributed by atoms with Crippen molar-refractivity contribution in [3.63, 3.8) is 0 Å². The predicted octanol–water partition coefficient (Wildman–Crippen LogP) is 3.37. The molecule has 1 aromatic heterocycles. The van der Waals surface area contributed by atoms with E-state index in [-0.39, 0.29) is 0 Å². The predicted molar refractivity (Wildman–Crippen MR) is 84.3 cm³/mol. The van der Waals surface area contributed by atoms with Crippen LogP contribution in [0.5, 0.6) is 0 Å². The molecule has 1 aliphatic rings. The topological polar surface area (TPSA) is 28.2 Å². The average molecular weight is 341 g/mol. The van der Waals surface area contributed by atoms with Crippen LogP contribution in [0.25, 0.3) is 10.9 Å². The first-order valence-corrected chi connectivity index (χ1v) is 7.54. The van der Waals surface area contributed by atoms with E-state index in [1.54, 1.807) is 6.20 Å². The molecule has 0 unspecified atom stereocenters. The first kappa shape index (κ1) is 13.2. The highest BCUT2D eigenvalue weighted by molar-refractivity contribution is 9.10. The van der Waals surface area contributed by atoms with E-state index in [4.69, 9.17) is 11.6 Å². The minimum Gasteiger partial charge on any atom is -0.367 e. The fourth-order valence-corrected chi connectivity index (χ4v) is 3.14. The van der Waals surface area contributed by atoms with E-state index in [1.807, 2.05) is 0 Å². The summed E-state index contributed by atoms with van der Waals surface area (Å²) in [7, 11) is 0. The third-order valence-electron chi connectivity index (χ3n) is 3.59. The summed E-state index contributed by atoms with van der Waals surface area (Å²) in [5.41, 5.74) is 3.29. The largest absolute Gasteiger partial charge is 0.367 e. The smallest absolute Gasteiger partial charge is 0.0829 e. The maximum atomic E-state index is 6.39. The fourth-order valence-electron chi connectivity index (χ4n) is 2.55. The Morgan fingerprint density at radius 1 is 1.32 bits per heavy atom. The Labute approximate surface area is 126 Å². The highest BCUT2D eigenvalue weighted by Gasteiger charge is 2.18. The molecule has 0 aliphatic carbocycles. The van der Waals surface area contributed by atoms with Crippen LogP contribution in [0, 0.1) is 6.92 Å². The molecule has 0 saturated carbocycles. The molecule has 0 bridgehead atoms. The number of aryl methyl sites for hydroxylation is 1. The molecular weight excluding hydrogens is 326 g/mol. The van der Waals surface area contributed by atoms with E-state index < -0.39 is 0 Å². The number of halogens is 2. The van der Waals surface area contributed by atoms with Gasteiger partial charge in [0.2, 0.25) is 0 Å². The lowest BCUT2D eigenvalue weighted by atomic mass is 10.1. The van der Waals surface area contributed by atoms with Crippen LogP contribution in [0.4, 0.5) is 5.69 Å². The Hall–Kier alpha value is -0.840. The Morgan fingerprint density at radius 2 is 2.05 bits per heavy atom. The van der Waals surface area contributed by atoms with Crippen molar-refractivity contribution in [3.05, 3.63) is 33.4 Å². The maximum absolute atomic E-state index is 6.39. The Bertz CT molecular complexity index is 624. The molecule has 2 heterocycles. The van der Waals surface area contributed by atoms with Crippen molar-refractivity contribution in [2.75, 3.05) is 31.1 Å². The molecular formula is C14H15BrClN3. The SMILES string of the molecule is Cc1c(Br)ccc2c(N3CCNCC3)c(Cl)cnc12. The molecule has 3 nitrogen and oxygen atoms in total. The monoisotopic (exact) mass is 339 g/mol. The van der Waals surface area contributed by atoms with Gasteiger partial charge in [-0.1, -0.05) is 27.5 Å². The van der Waals surface area contributed by atoms with Gasteiger partial charge in [-0.25, -0.2) is 0 Å². The number of rotatable bonds is 1. The van der Waals surface area contributed by atoms with Gasteiger partial charge in [0.25, 0.3) is 0 Å². The van der Waals surface area contributed by atoms with Crippen molar-refractivity contribution in [2.24, 2.45) is 0 Å². The highest BCUT2D eigenvalue weighted by atomic mass is 79.9. The summed E-state index contributed by atoms with van der Waals surface area (Å²) in [6, 6.07) is 4.17. The molecule has 1 N–H and O–H groups in total. The molecule has 1 fully saturated rings. The van der Waals surface area contributed by atoms with Gasteiger partial charge < -0.3 is 10.2 Å². The average Bonchev–Trinajstić information content (AvgIpc) is 2.44. The van der Waals surface area contributed by atoms with Crippen LogP contribution < -0.4 is 10.2 Å². The van der Waals surface area contributed by atoms with Gasteiger partial charge in [-0.05, 0) is 24.6 Å². The number of hydrogen-bond donors (Lipinski definition) is 1. The minimum atomic E-state index is 0.733. The fraction of sp³-hybridized carbons (Fsp3) is 0.357. The van der Waals surface area contributed by atoms with E-state index in [9.17, 15) is 0 Å². The first-order valence-electron chi connectivity index (χ1n) is 6.37. The first-order chi connectivity index (χ1) is 9.18. The number of nitrogens with one attached hydrogen (secondary N) is 1. The van der Waals surface area contributed by atoms with Crippen molar-refractivity contribution in [1.82, 2.24) is 10.3 Å². The maximum Gasteiger partial charge on any atom is 0.0829 e. The summed E-state index contributed by atoms with van der Waals surface area (Å²) in [6.45, 7) is 6.03. The number of hydrogen-bond acceptors (Lipinski definition) is 3. The zero-order valence-corrected chi connectivity index (χ0v) is 13.1. The molecule has 0 spiro atoms. The summed E-state index contributed by atoms with van der Waals surface area (Å²) >= 11 is 9.95. The molecule has 1 aromatic carbocycles. The van der Waals surface area contributed by atoms with Crippen LogP contribution >= 0.6 is 27.5 Å². The van der Waals surface area contributed by atoms with Gasteiger partial charge in [-0.15, -0.1) is 0 Å². The van der Waals surface area contributed by atoms with Crippen LogP contribution in [0.2, 0.25) is 5.02 Å². The van der Waals surface area contributed by atoms with E-state index in [2.05, 4.69) is 50.2 Å². The lowest BCUT2D eigenvalue weighted by molar-refractivity contribution is 0.590. The van der Waals surface area contributed by atoms with Crippen LogP contribution in [0.3, 0.4) is 0 Å². The molecule has 2 aromatic rings. The molecule has 19 heavy (non-hydrogen) atoms. The highest BCUT2D eigenvalue weighted by Crippen LogP contribution is 2.36. The summed E-state index contributed by atoms with van der Waals surface area (Å²) in [4.78, 5) is 6.84. The number of pyridine rings is 1. The Morgan fingerprint density at radius 3 is 2.79 bits per heavy atom. The van der Waals surface area contributed by atoms with Gasteiger partial charge in [0.05, 0.1) is 16.2 Å². The van der Waals surface area contributed by atoms with Crippen molar-refractivity contribution in [3.8, 4) is 0 Å². The van der Waals surface area contributed by atoms with E-state index in [0.717, 1.165) is 57.8 Å². The van der Waals surface area contributed by atoms with Gasteiger partial charge in [0, 0.05) is 42.2 Å². The zero-order chi connectivity index (χ0) is 13.4. The van der Waals surface area contributed by atoms with Gasteiger partial charge in [-0.3, -0.25) is 4.98 Å². The zero-order valence-electron chi connectivity index (χ0n) is 10.7. The van der Waals surface area contributed by atoms with Crippen molar-refractivity contribution in [2.45, 2.75) is 6.92 Å². The van der Waals surface area contributed by atoms with Crippen molar-refractivity contribution in [1.29, 1.82) is 0 Å². The van der Waals surface area contributed by atoms with Crippen molar-refractivity contribution < 1.29 is 0 Å². The quantitative estimate of drug-likeness (QED) is 0.863. The van der Waals surface area contributed by atoms with Gasteiger partial charge in [0.1, 0.15) is 0 Å². The van der Waals surface area contributed by atoms with Gasteiger partial charge in [-0.2, -0.15) is 0 Å². The van der Waals surface area contributed by atoms with Gasteiger partial charge >= 0.3 is 0 Å². The second kappa shape index (κ2) is 5.27. The third kappa shape index (κ3) is 2.33. The third-order valence-corrected chi connectivity index (χ3v) is 4.72. The van der Waals surface area contributed by atoms with Crippen LogP contribution in [-0.2, 0) is 0 Å². The van der Waals surface area contributed by atoms with Crippen LogP contribution in [0.1, 0.15) is 5.56 Å². The van der Waals surface area contributed by atoms with Crippen LogP contribution in [0.15, 0.2) is 22.8 Å². The van der Waals surface area contributed by atoms with Crippen LogP contribution in [-0.4, -0.2) is 31.2 Å².